The predicted molar refractivity (Wildman–Crippen MR) is 70.5 cm³/mol. The molecule has 0 spiro atoms. The Labute approximate surface area is 107 Å². The first-order chi connectivity index (χ1) is 8.55. The normalized spacial score (nSPS) is 21.0. The van der Waals surface area contributed by atoms with Gasteiger partial charge in [0.2, 0.25) is 12.3 Å². The maximum absolute atomic E-state index is 11.3. The van der Waals surface area contributed by atoms with E-state index in [1.54, 1.807) is 0 Å². The zero-order valence-electron chi connectivity index (χ0n) is 10.7. The minimum atomic E-state index is -0.216. The summed E-state index contributed by atoms with van der Waals surface area (Å²) in [4.78, 5) is 21.5. The molecule has 1 aromatic rings. The van der Waals surface area contributed by atoms with Gasteiger partial charge >= 0.3 is 0 Å². The zero-order valence-corrected chi connectivity index (χ0v) is 10.7. The summed E-state index contributed by atoms with van der Waals surface area (Å²) in [5.41, 5.74) is 3.60. The van der Waals surface area contributed by atoms with Gasteiger partial charge in [-0.15, -0.1) is 0 Å². The molecule has 1 unspecified atom stereocenters. The number of benzene rings is 1. The molecule has 1 aliphatic heterocycles. The summed E-state index contributed by atoms with van der Waals surface area (Å²) in [5, 5.41) is 5.57. The second-order valence-electron chi connectivity index (χ2n) is 5.15. The maximum atomic E-state index is 11.3. The first kappa shape index (κ1) is 12.6. The second kappa shape index (κ2) is 4.80. The molecule has 4 nitrogen and oxygen atoms in total. The van der Waals surface area contributed by atoms with Crippen molar-refractivity contribution in [2.24, 2.45) is 0 Å². The summed E-state index contributed by atoms with van der Waals surface area (Å²) in [6.07, 6.45) is 1.54. The SMILES string of the molecule is Cc1ccc2c(c1)NCC2(C)CCC(=O)NC=O. The number of rotatable bonds is 4. The molecule has 0 aliphatic carbocycles. The van der Waals surface area contributed by atoms with Crippen LogP contribution >= 0.6 is 0 Å². The van der Waals surface area contributed by atoms with Gasteiger partial charge in [0.05, 0.1) is 0 Å². The molecule has 1 aliphatic rings. The van der Waals surface area contributed by atoms with Crippen LogP contribution in [0.25, 0.3) is 0 Å². The van der Waals surface area contributed by atoms with Crippen LogP contribution in [0.2, 0.25) is 0 Å². The molecule has 4 heteroatoms. The van der Waals surface area contributed by atoms with Crippen molar-refractivity contribution in [3.63, 3.8) is 0 Å². The fraction of sp³-hybridized carbons (Fsp3) is 0.429. The Bertz CT molecular complexity index is 485. The van der Waals surface area contributed by atoms with E-state index < -0.39 is 0 Å². The highest BCUT2D eigenvalue weighted by molar-refractivity contribution is 5.85. The van der Waals surface area contributed by atoms with Crippen molar-refractivity contribution in [3.05, 3.63) is 29.3 Å². The summed E-state index contributed by atoms with van der Waals surface area (Å²) in [7, 11) is 0. The first-order valence-corrected chi connectivity index (χ1v) is 6.13. The van der Waals surface area contributed by atoms with Gasteiger partial charge in [-0.3, -0.25) is 14.9 Å². The Morgan fingerprint density at radius 1 is 1.56 bits per heavy atom. The molecule has 2 N–H and O–H groups in total. The van der Waals surface area contributed by atoms with Crippen LogP contribution in [0.1, 0.15) is 30.9 Å². The number of imide groups is 1. The van der Waals surface area contributed by atoms with Crippen molar-refractivity contribution in [2.75, 3.05) is 11.9 Å². The van der Waals surface area contributed by atoms with E-state index in [1.165, 1.54) is 11.1 Å². The number of fused-ring (bicyclic) bond motifs is 1. The third-order valence-electron chi connectivity index (χ3n) is 3.62. The Morgan fingerprint density at radius 2 is 2.33 bits per heavy atom. The van der Waals surface area contributed by atoms with E-state index in [0.29, 0.717) is 12.8 Å². The lowest BCUT2D eigenvalue weighted by Gasteiger charge is -2.23. The molecule has 0 aromatic heterocycles. The van der Waals surface area contributed by atoms with Gasteiger partial charge in [-0.25, -0.2) is 0 Å². The average molecular weight is 246 g/mol. The molecule has 0 saturated heterocycles. The van der Waals surface area contributed by atoms with Crippen molar-refractivity contribution in [1.29, 1.82) is 0 Å². The number of nitrogens with one attached hydrogen (secondary N) is 2. The van der Waals surface area contributed by atoms with Gasteiger partial charge in [0, 0.05) is 24.1 Å². The molecular weight excluding hydrogens is 228 g/mol. The Kier molecular flexibility index (Phi) is 3.36. The average Bonchev–Trinajstić information content (AvgIpc) is 2.65. The monoisotopic (exact) mass is 246 g/mol. The van der Waals surface area contributed by atoms with Crippen LogP contribution in [0, 0.1) is 6.92 Å². The van der Waals surface area contributed by atoms with Gasteiger partial charge in [0.15, 0.2) is 0 Å². The molecule has 0 radical (unpaired) electrons. The summed E-state index contributed by atoms with van der Waals surface area (Å²) >= 11 is 0. The van der Waals surface area contributed by atoms with Crippen LogP contribution in [0.15, 0.2) is 18.2 Å². The van der Waals surface area contributed by atoms with Crippen LogP contribution in [-0.4, -0.2) is 18.9 Å². The summed E-state index contributed by atoms with van der Waals surface area (Å²) in [6.45, 7) is 5.05. The molecule has 1 heterocycles. The van der Waals surface area contributed by atoms with Crippen LogP contribution in [0.4, 0.5) is 5.69 Å². The zero-order chi connectivity index (χ0) is 13.2. The minimum Gasteiger partial charge on any atom is -0.384 e. The lowest BCUT2D eigenvalue weighted by Crippen LogP contribution is -2.28. The summed E-state index contributed by atoms with van der Waals surface area (Å²) in [6, 6.07) is 6.35. The van der Waals surface area contributed by atoms with Gasteiger partial charge in [-0.1, -0.05) is 19.1 Å². The number of hydrogen-bond acceptors (Lipinski definition) is 3. The molecule has 18 heavy (non-hydrogen) atoms. The van der Waals surface area contributed by atoms with Gasteiger partial charge in [-0.2, -0.15) is 0 Å². The maximum Gasteiger partial charge on any atom is 0.226 e. The highest BCUT2D eigenvalue weighted by Gasteiger charge is 2.34. The molecule has 1 aromatic carbocycles. The number of carbonyl (C=O) groups excluding carboxylic acids is 2. The molecule has 1 atom stereocenters. The fourth-order valence-electron chi connectivity index (χ4n) is 2.47. The van der Waals surface area contributed by atoms with Gasteiger partial charge in [0.1, 0.15) is 0 Å². The van der Waals surface area contributed by atoms with E-state index in [-0.39, 0.29) is 11.3 Å². The van der Waals surface area contributed by atoms with E-state index in [4.69, 9.17) is 0 Å². The summed E-state index contributed by atoms with van der Waals surface area (Å²) in [5.74, 6) is -0.216. The van der Waals surface area contributed by atoms with Crippen LogP contribution in [0.3, 0.4) is 0 Å². The number of aryl methyl sites for hydroxylation is 1. The summed E-state index contributed by atoms with van der Waals surface area (Å²) < 4.78 is 0. The van der Waals surface area contributed by atoms with Crippen molar-refractivity contribution in [2.45, 2.75) is 32.1 Å². The van der Waals surface area contributed by atoms with E-state index in [9.17, 15) is 9.59 Å². The Hall–Kier alpha value is -1.84. The third-order valence-corrected chi connectivity index (χ3v) is 3.62. The molecule has 0 bridgehead atoms. The van der Waals surface area contributed by atoms with Crippen molar-refractivity contribution in [3.8, 4) is 0 Å². The van der Waals surface area contributed by atoms with E-state index >= 15 is 0 Å². The Balaban J connectivity index is 2.10. The smallest absolute Gasteiger partial charge is 0.226 e. The lowest BCUT2D eigenvalue weighted by atomic mass is 9.80. The number of amides is 2. The largest absolute Gasteiger partial charge is 0.384 e. The predicted octanol–water partition coefficient (Wildman–Crippen LogP) is 1.73. The van der Waals surface area contributed by atoms with Crippen molar-refractivity contribution in [1.82, 2.24) is 5.32 Å². The molecule has 0 fully saturated rings. The van der Waals surface area contributed by atoms with E-state index in [1.807, 2.05) is 0 Å². The Morgan fingerprint density at radius 3 is 3.06 bits per heavy atom. The molecule has 96 valence electrons. The fourth-order valence-corrected chi connectivity index (χ4v) is 2.47. The number of anilines is 1. The molecule has 2 rings (SSSR count). The van der Waals surface area contributed by atoms with Crippen molar-refractivity contribution >= 4 is 18.0 Å². The minimum absolute atomic E-state index is 0.0384. The first-order valence-electron chi connectivity index (χ1n) is 6.13. The van der Waals surface area contributed by atoms with E-state index in [2.05, 4.69) is 42.7 Å². The van der Waals surface area contributed by atoms with E-state index in [0.717, 1.165) is 18.7 Å². The van der Waals surface area contributed by atoms with Crippen molar-refractivity contribution < 1.29 is 9.59 Å². The molecule has 2 amide bonds. The second-order valence-corrected chi connectivity index (χ2v) is 5.15. The van der Waals surface area contributed by atoms with Crippen LogP contribution in [0.5, 0.6) is 0 Å². The number of hydrogen-bond donors (Lipinski definition) is 2. The topological polar surface area (TPSA) is 58.2 Å². The lowest BCUT2D eigenvalue weighted by molar-refractivity contribution is -0.125. The van der Waals surface area contributed by atoms with Gasteiger partial charge < -0.3 is 5.32 Å². The molecular formula is C14H18N2O2. The highest BCUT2D eigenvalue weighted by atomic mass is 16.2. The molecule has 0 saturated carbocycles. The van der Waals surface area contributed by atoms with Gasteiger partial charge in [-0.05, 0) is 30.5 Å². The number of carbonyl (C=O) groups is 2. The highest BCUT2D eigenvalue weighted by Crippen LogP contribution is 2.40. The van der Waals surface area contributed by atoms with Crippen LogP contribution < -0.4 is 10.6 Å². The quantitative estimate of drug-likeness (QED) is 0.795. The standard InChI is InChI=1S/C14H18N2O2/c1-10-3-4-11-12(7-10)15-8-14(11,2)6-5-13(18)16-9-17/h3-4,7,9,15H,5-6,8H2,1-2H3,(H,16,17,18). The van der Waals surface area contributed by atoms with Gasteiger partial charge in [0.25, 0.3) is 0 Å². The van der Waals surface area contributed by atoms with Crippen LogP contribution in [-0.2, 0) is 15.0 Å². The third kappa shape index (κ3) is 2.37.